The Morgan fingerprint density at radius 1 is 1.18 bits per heavy atom. The second kappa shape index (κ2) is 6.12. The molecule has 0 saturated carbocycles. The zero-order valence-corrected chi connectivity index (χ0v) is 11.0. The van der Waals surface area contributed by atoms with Gasteiger partial charge in [-0.2, -0.15) is 0 Å². The van der Waals surface area contributed by atoms with Gasteiger partial charge < -0.3 is 5.73 Å². The van der Waals surface area contributed by atoms with Gasteiger partial charge in [0.1, 0.15) is 4.99 Å². The van der Waals surface area contributed by atoms with Crippen LogP contribution in [0.25, 0.3) is 0 Å². The summed E-state index contributed by atoms with van der Waals surface area (Å²) in [4.78, 5) is 3.02. The van der Waals surface area contributed by atoms with E-state index >= 15 is 0 Å². The third-order valence-corrected chi connectivity index (χ3v) is 3.55. The third-order valence-electron chi connectivity index (χ3n) is 3.32. The maximum atomic E-state index is 5.66. The van der Waals surface area contributed by atoms with E-state index in [2.05, 4.69) is 17.0 Å². The number of hydrogen-bond acceptors (Lipinski definition) is 2. The molecule has 1 aromatic rings. The Bertz CT molecular complexity index is 382. The summed E-state index contributed by atoms with van der Waals surface area (Å²) in [6.45, 7) is 3.46. The predicted molar refractivity (Wildman–Crippen MR) is 76.1 cm³/mol. The number of likely N-dealkylation sites (tertiary alicyclic amines) is 1. The highest BCUT2D eigenvalue weighted by atomic mass is 32.1. The maximum absolute atomic E-state index is 5.66. The average Bonchev–Trinajstić information content (AvgIpc) is 2.58. The van der Waals surface area contributed by atoms with Crippen LogP contribution < -0.4 is 5.73 Å². The lowest BCUT2D eigenvalue weighted by Gasteiger charge is -2.20. The van der Waals surface area contributed by atoms with Gasteiger partial charge in [-0.15, -0.1) is 0 Å². The number of rotatable bonds is 3. The zero-order valence-electron chi connectivity index (χ0n) is 10.2. The molecule has 1 fully saturated rings. The van der Waals surface area contributed by atoms with Crippen LogP contribution in [0.15, 0.2) is 24.3 Å². The molecule has 0 amide bonds. The molecule has 1 heterocycles. The number of hydrogen-bond donors (Lipinski definition) is 1. The van der Waals surface area contributed by atoms with Gasteiger partial charge in [0.05, 0.1) is 0 Å². The summed E-state index contributed by atoms with van der Waals surface area (Å²) in [5.74, 6) is 0. The van der Waals surface area contributed by atoms with Crippen molar-refractivity contribution in [1.82, 2.24) is 4.90 Å². The van der Waals surface area contributed by atoms with Gasteiger partial charge in [-0.3, -0.25) is 4.90 Å². The minimum absolute atomic E-state index is 0.489. The zero-order chi connectivity index (χ0) is 12.1. The second-order valence-electron chi connectivity index (χ2n) is 4.75. The first-order valence-corrected chi connectivity index (χ1v) is 6.77. The minimum Gasteiger partial charge on any atom is -0.389 e. The Hall–Kier alpha value is -0.930. The predicted octanol–water partition coefficient (Wildman–Crippen LogP) is 2.70. The molecule has 0 unspecified atom stereocenters. The van der Waals surface area contributed by atoms with Gasteiger partial charge in [-0.1, -0.05) is 43.3 Å². The highest BCUT2D eigenvalue weighted by molar-refractivity contribution is 7.80. The quantitative estimate of drug-likeness (QED) is 0.834. The summed E-state index contributed by atoms with van der Waals surface area (Å²) >= 11 is 5.01. The summed E-state index contributed by atoms with van der Waals surface area (Å²) in [6.07, 6.45) is 5.41. The first kappa shape index (κ1) is 12.5. The van der Waals surface area contributed by atoms with E-state index in [4.69, 9.17) is 18.0 Å². The molecule has 1 aliphatic rings. The van der Waals surface area contributed by atoms with Crippen LogP contribution in [0, 0.1) is 0 Å². The molecule has 0 atom stereocenters. The fourth-order valence-corrected chi connectivity index (χ4v) is 2.50. The normalized spacial score (nSPS) is 17.6. The highest BCUT2D eigenvalue weighted by Crippen LogP contribution is 2.14. The number of nitrogens with zero attached hydrogens (tertiary/aromatic N) is 1. The van der Waals surface area contributed by atoms with E-state index in [1.54, 1.807) is 0 Å². The van der Waals surface area contributed by atoms with E-state index in [1.165, 1.54) is 44.3 Å². The van der Waals surface area contributed by atoms with Gasteiger partial charge in [0.25, 0.3) is 0 Å². The van der Waals surface area contributed by atoms with Crippen LogP contribution in [-0.2, 0) is 6.54 Å². The van der Waals surface area contributed by atoms with Crippen molar-refractivity contribution in [3.63, 3.8) is 0 Å². The van der Waals surface area contributed by atoms with Crippen LogP contribution in [0.4, 0.5) is 0 Å². The van der Waals surface area contributed by atoms with E-state index in [1.807, 2.05) is 12.1 Å². The molecule has 1 aromatic carbocycles. The van der Waals surface area contributed by atoms with Crippen LogP contribution in [0.2, 0.25) is 0 Å². The molecular weight excluding hydrogens is 228 g/mol. The molecule has 3 heteroatoms. The van der Waals surface area contributed by atoms with E-state index in [0.29, 0.717) is 4.99 Å². The first-order chi connectivity index (χ1) is 8.25. The lowest BCUT2D eigenvalue weighted by atomic mass is 10.1. The summed E-state index contributed by atoms with van der Waals surface area (Å²) in [6, 6.07) is 8.30. The maximum Gasteiger partial charge on any atom is 0.103 e. The van der Waals surface area contributed by atoms with E-state index < -0.39 is 0 Å². The van der Waals surface area contributed by atoms with Crippen LogP contribution in [0.3, 0.4) is 0 Å². The lowest BCUT2D eigenvalue weighted by Crippen LogP contribution is -2.24. The molecule has 0 radical (unpaired) electrons. The Labute approximate surface area is 109 Å². The lowest BCUT2D eigenvalue weighted by molar-refractivity contribution is 0.277. The Kier molecular flexibility index (Phi) is 4.51. The van der Waals surface area contributed by atoms with Crippen LogP contribution >= 0.6 is 12.2 Å². The SMILES string of the molecule is NC(=S)c1cccc(CN2CCCCCC2)c1. The van der Waals surface area contributed by atoms with Gasteiger partial charge in [-0.25, -0.2) is 0 Å². The molecule has 0 bridgehead atoms. The topological polar surface area (TPSA) is 29.3 Å². The number of benzene rings is 1. The molecule has 0 spiro atoms. The Morgan fingerprint density at radius 2 is 1.88 bits per heavy atom. The van der Waals surface area contributed by atoms with Crippen molar-refractivity contribution in [2.45, 2.75) is 32.2 Å². The summed E-state index contributed by atoms with van der Waals surface area (Å²) in [5, 5.41) is 0. The van der Waals surface area contributed by atoms with Crippen molar-refractivity contribution in [3.8, 4) is 0 Å². The first-order valence-electron chi connectivity index (χ1n) is 6.37. The summed E-state index contributed by atoms with van der Waals surface area (Å²) < 4.78 is 0. The van der Waals surface area contributed by atoms with Crippen LogP contribution in [0.1, 0.15) is 36.8 Å². The van der Waals surface area contributed by atoms with Gasteiger partial charge in [0, 0.05) is 12.1 Å². The smallest absolute Gasteiger partial charge is 0.103 e. The van der Waals surface area contributed by atoms with Crippen LogP contribution in [0.5, 0.6) is 0 Å². The standard InChI is InChI=1S/C14H20N2S/c15-14(17)13-7-5-6-12(10-13)11-16-8-3-1-2-4-9-16/h5-7,10H,1-4,8-9,11H2,(H2,15,17). The van der Waals surface area contributed by atoms with Crippen molar-refractivity contribution in [3.05, 3.63) is 35.4 Å². The number of thiocarbonyl (C=S) groups is 1. The summed E-state index contributed by atoms with van der Waals surface area (Å²) in [7, 11) is 0. The summed E-state index contributed by atoms with van der Waals surface area (Å²) in [5.41, 5.74) is 7.95. The molecule has 0 aromatic heterocycles. The van der Waals surface area contributed by atoms with Gasteiger partial charge in [0.2, 0.25) is 0 Å². The van der Waals surface area contributed by atoms with Crippen molar-refractivity contribution in [1.29, 1.82) is 0 Å². The minimum atomic E-state index is 0.489. The van der Waals surface area contributed by atoms with Crippen molar-refractivity contribution < 1.29 is 0 Å². The third kappa shape index (κ3) is 3.79. The molecule has 2 N–H and O–H groups in total. The molecule has 2 rings (SSSR count). The van der Waals surface area contributed by atoms with E-state index in [-0.39, 0.29) is 0 Å². The monoisotopic (exact) mass is 248 g/mol. The fraction of sp³-hybridized carbons (Fsp3) is 0.500. The van der Waals surface area contributed by atoms with Crippen molar-refractivity contribution >= 4 is 17.2 Å². The molecule has 0 aliphatic carbocycles. The molecule has 1 aliphatic heterocycles. The molecule has 92 valence electrons. The largest absolute Gasteiger partial charge is 0.389 e. The van der Waals surface area contributed by atoms with Crippen molar-refractivity contribution in [2.24, 2.45) is 5.73 Å². The van der Waals surface area contributed by atoms with Gasteiger partial charge in [-0.05, 0) is 37.6 Å². The number of nitrogens with two attached hydrogens (primary N) is 1. The van der Waals surface area contributed by atoms with Gasteiger partial charge in [0.15, 0.2) is 0 Å². The molecule has 1 saturated heterocycles. The van der Waals surface area contributed by atoms with E-state index in [9.17, 15) is 0 Å². The van der Waals surface area contributed by atoms with Gasteiger partial charge >= 0.3 is 0 Å². The average molecular weight is 248 g/mol. The fourth-order valence-electron chi connectivity index (χ4n) is 2.38. The van der Waals surface area contributed by atoms with E-state index in [0.717, 1.165) is 12.1 Å². The Balaban J connectivity index is 2.01. The van der Waals surface area contributed by atoms with Crippen molar-refractivity contribution in [2.75, 3.05) is 13.1 Å². The second-order valence-corrected chi connectivity index (χ2v) is 5.19. The van der Waals surface area contributed by atoms with Crippen LogP contribution in [-0.4, -0.2) is 23.0 Å². The Morgan fingerprint density at radius 3 is 2.53 bits per heavy atom. The highest BCUT2D eigenvalue weighted by Gasteiger charge is 2.09. The molecular formula is C14H20N2S. The molecule has 2 nitrogen and oxygen atoms in total. The molecule has 17 heavy (non-hydrogen) atoms.